The fourth-order valence-corrected chi connectivity index (χ4v) is 6.27. The van der Waals surface area contributed by atoms with Crippen molar-refractivity contribution in [3.63, 3.8) is 0 Å². The minimum absolute atomic E-state index is 0.112. The summed E-state index contributed by atoms with van der Waals surface area (Å²) >= 11 is 0. The molecule has 0 radical (unpaired) electrons. The van der Waals surface area contributed by atoms with Gasteiger partial charge in [0.05, 0.1) is 0 Å². The van der Waals surface area contributed by atoms with Crippen LogP contribution in [0.4, 0.5) is 0 Å². The molecule has 0 bridgehead atoms. The Hall–Kier alpha value is -4.45. The number of carbonyl (C=O) groups is 3. The number of hydrogen-bond donors (Lipinski definition) is 0. The summed E-state index contributed by atoms with van der Waals surface area (Å²) in [5.74, 6) is -0.995. The third kappa shape index (κ3) is 48.6. The lowest BCUT2D eigenvalue weighted by Crippen LogP contribution is -2.30. The molecule has 64 heavy (non-hydrogen) atoms. The summed E-state index contributed by atoms with van der Waals surface area (Å²) < 4.78 is 16.7. The number of carbonyl (C=O) groups excluding carboxylic acids is 3. The minimum Gasteiger partial charge on any atom is -0.462 e. The molecule has 1 atom stereocenters. The molecule has 0 aromatic rings. The maximum absolute atomic E-state index is 12.8. The van der Waals surface area contributed by atoms with E-state index in [1.54, 1.807) is 0 Å². The number of unbranched alkanes of at least 4 members (excludes halogenated alkanes) is 15. The zero-order valence-corrected chi connectivity index (χ0v) is 40.7. The first kappa shape index (κ1) is 59.5. The first-order valence-electron chi connectivity index (χ1n) is 25.3. The van der Waals surface area contributed by atoms with E-state index >= 15 is 0 Å². The van der Waals surface area contributed by atoms with E-state index in [2.05, 4.69) is 93.7 Å². The van der Waals surface area contributed by atoms with Crippen LogP contribution in [0.1, 0.15) is 194 Å². The molecule has 0 aliphatic rings. The lowest BCUT2D eigenvalue weighted by Gasteiger charge is -2.18. The molecule has 0 aliphatic heterocycles. The molecule has 0 saturated heterocycles. The highest BCUT2D eigenvalue weighted by atomic mass is 16.6. The number of esters is 3. The van der Waals surface area contributed by atoms with Gasteiger partial charge in [-0.3, -0.25) is 14.4 Å². The second-order valence-corrected chi connectivity index (χ2v) is 16.1. The van der Waals surface area contributed by atoms with E-state index in [0.717, 1.165) is 122 Å². The van der Waals surface area contributed by atoms with Crippen LogP contribution in [0.5, 0.6) is 0 Å². The van der Waals surface area contributed by atoms with E-state index in [4.69, 9.17) is 14.2 Å². The van der Waals surface area contributed by atoms with E-state index in [-0.39, 0.29) is 37.5 Å². The Balaban J connectivity index is 4.50. The lowest BCUT2D eigenvalue weighted by atomic mass is 10.1. The zero-order valence-electron chi connectivity index (χ0n) is 40.7. The van der Waals surface area contributed by atoms with Gasteiger partial charge < -0.3 is 14.2 Å². The summed E-state index contributed by atoms with van der Waals surface area (Å²) in [6, 6.07) is 0. The molecule has 0 N–H and O–H groups in total. The summed E-state index contributed by atoms with van der Waals surface area (Å²) in [6.45, 7) is 6.25. The van der Waals surface area contributed by atoms with Crippen molar-refractivity contribution in [2.75, 3.05) is 13.2 Å². The van der Waals surface area contributed by atoms with Gasteiger partial charge in [-0.2, -0.15) is 0 Å². The van der Waals surface area contributed by atoms with Crippen LogP contribution in [0, 0.1) is 0 Å². The largest absolute Gasteiger partial charge is 0.462 e. The van der Waals surface area contributed by atoms with Gasteiger partial charge in [-0.1, -0.05) is 212 Å². The molecule has 358 valence electrons. The van der Waals surface area contributed by atoms with Crippen molar-refractivity contribution in [1.82, 2.24) is 0 Å². The van der Waals surface area contributed by atoms with Crippen LogP contribution in [0.15, 0.2) is 134 Å². The summed E-state index contributed by atoms with van der Waals surface area (Å²) in [5, 5.41) is 0. The van der Waals surface area contributed by atoms with Crippen molar-refractivity contribution in [2.24, 2.45) is 0 Å². The molecule has 0 amide bonds. The van der Waals surface area contributed by atoms with Crippen molar-refractivity contribution in [3.05, 3.63) is 134 Å². The van der Waals surface area contributed by atoms with E-state index in [0.29, 0.717) is 19.3 Å². The molecule has 6 heteroatoms. The SMILES string of the molecule is CC\C=C/C=C\C=C/C=C\C=C\C=C/CCCCCC(=O)OC(COC(=O)CCCCCC/C=C\CCCC)COC(=O)CCCCCCCC/C=C\C/C=C\C/C=C\C/C=C\CC. The van der Waals surface area contributed by atoms with E-state index < -0.39 is 6.10 Å². The van der Waals surface area contributed by atoms with Crippen LogP contribution >= 0.6 is 0 Å². The van der Waals surface area contributed by atoms with E-state index in [1.165, 1.54) is 25.7 Å². The van der Waals surface area contributed by atoms with Crippen LogP contribution in [-0.4, -0.2) is 37.2 Å². The van der Waals surface area contributed by atoms with Crippen molar-refractivity contribution in [2.45, 2.75) is 200 Å². The Morgan fingerprint density at radius 3 is 1.17 bits per heavy atom. The number of hydrogen-bond acceptors (Lipinski definition) is 6. The van der Waals surface area contributed by atoms with E-state index in [9.17, 15) is 14.4 Å². The summed E-state index contributed by atoms with van der Waals surface area (Å²) in [5.41, 5.74) is 0. The Labute approximate surface area is 392 Å². The van der Waals surface area contributed by atoms with Gasteiger partial charge in [0.1, 0.15) is 13.2 Å². The lowest BCUT2D eigenvalue weighted by molar-refractivity contribution is -0.167. The van der Waals surface area contributed by atoms with Crippen molar-refractivity contribution in [1.29, 1.82) is 0 Å². The number of rotatable bonds is 43. The minimum atomic E-state index is -0.816. The fourth-order valence-electron chi connectivity index (χ4n) is 6.27. The standard InChI is InChI=1S/C58H90O6/c1-4-7-10-13-16-19-22-24-26-28-29-31-32-34-36-39-42-45-48-51-57(60)63-54-55(53-62-56(59)50-47-44-41-38-21-18-15-12-9-6-3)64-58(61)52-49-46-43-40-37-35-33-30-27-25-23-20-17-14-11-8-5-2/h7-8,10-11,14-20,23-27,29-31,33,35,37,55H,4-6,9,12-13,21-22,28,32,34,36,38-54H2,1-3H3/b10-7-,11-8-,17-14-,18-15-,19-16-,23-20-,26-24-,27-25-,31-29-,33-30+,37-35-. The highest BCUT2D eigenvalue weighted by Crippen LogP contribution is 2.12. The molecule has 0 aliphatic carbocycles. The van der Waals surface area contributed by atoms with Crippen LogP contribution in [0.2, 0.25) is 0 Å². The van der Waals surface area contributed by atoms with Crippen LogP contribution < -0.4 is 0 Å². The zero-order chi connectivity index (χ0) is 46.5. The predicted octanol–water partition coefficient (Wildman–Crippen LogP) is 16.7. The third-order valence-corrected chi connectivity index (χ3v) is 10.0. The molecule has 0 saturated carbocycles. The van der Waals surface area contributed by atoms with Gasteiger partial charge in [-0.05, 0) is 96.3 Å². The maximum Gasteiger partial charge on any atom is 0.306 e. The average molecular weight is 883 g/mol. The quantitative estimate of drug-likeness (QED) is 0.0200. The van der Waals surface area contributed by atoms with Crippen molar-refractivity contribution < 1.29 is 28.6 Å². The van der Waals surface area contributed by atoms with Gasteiger partial charge in [0, 0.05) is 19.3 Å². The highest BCUT2D eigenvalue weighted by Gasteiger charge is 2.19. The first-order chi connectivity index (χ1) is 31.5. The number of allylic oxidation sites excluding steroid dienone is 22. The second kappa shape index (κ2) is 51.2. The molecule has 0 rings (SSSR count). The predicted molar refractivity (Wildman–Crippen MR) is 274 cm³/mol. The maximum atomic E-state index is 12.8. The summed E-state index contributed by atoms with van der Waals surface area (Å²) in [6.07, 6.45) is 71.5. The molecule has 0 fully saturated rings. The van der Waals surface area contributed by atoms with Crippen LogP contribution in [-0.2, 0) is 28.6 Å². The van der Waals surface area contributed by atoms with Gasteiger partial charge in [0.25, 0.3) is 0 Å². The van der Waals surface area contributed by atoms with Crippen molar-refractivity contribution >= 4 is 17.9 Å². The molecular formula is C58H90O6. The van der Waals surface area contributed by atoms with E-state index in [1.807, 2.05) is 60.8 Å². The van der Waals surface area contributed by atoms with Gasteiger partial charge >= 0.3 is 17.9 Å². The molecule has 0 aromatic carbocycles. The Bertz CT molecular complexity index is 1430. The second-order valence-electron chi connectivity index (χ2n) is 16.1. The molecule has 0 aromatic heterocycles. The normalized spacial score (nSPS) is 13.2. The van der Waals surface area contributed by atoms with Crippen LogP contribution in [0.25, 0.3) is 0 Å². The Morgan fingerprint density at radius 2 is 0.688 bits per heavy atom. The Morgan fingerprint density at radius 1 is 0.344 bits per heavy atom. The molecule has 0 heterocycles. The molecule has 1 unspecified atom stereocenters. The monoisotopic (exact) mass is 883 g/mol. The molecule has 6 nitrogen and oxygen atoms in total. The van der Waals surface area contributed by atoms with Crippen molar-refractivity contribution in [3.8, 4) is 0 Å². The fraction of sp³-hybridized carbons (Fsp3) is 0.569. The van der Waals surface area contributed by atoms with Gasteiger partial charge in [-0.15, -0.1) is 0 Å². The third-order valence-electron chi connectivity index (χ3n) is 10.0. The topological polar surface area (TPSA) is 78.9 Å². The number of ether oxygens (including phenoxy) is 3. The highest BCUT2D eigenvalue weighted by molar-refractivity contribution is 5.71. The summed E-state index contributed by atoms with van der Waals surface area (Å²) in [7, 11) is 0. The van der Waals surface area contributed by atoms with Gasteiger partial charge in [-0.25, -0.2) is 0 Å². The first-order valence-corrected chi connectivity index (χ1v) is 25.3. The van der Waals surface area contributed by atoms with Crippen LogP contribution in [0.3, 0.4) is 0 Å². The average Bonchev–Trinajstić information content (AvgIpc) is 3.29. The van der Waals surface area contributed by atoms with Gasteiger partial charge in [0.15, 0.2) is 6.10 Å². The summed E-state index contributed by atoms with van der Waals surface area (Å²) in [4.78, 5) is 37.9. The smallest absolute Gasteiger partial charge is 0.306 e. The Kier molecular flexibility index (Phi) is 47.6. The molecular weight excluding hydrogens is 793 g/mol. The van der Waals surface area contributed by atoms with Gasteiger partial charge in [0.2, 0.25) is 0 Å². The molecule has 0 spiro atoms.